The molecule has 8 heteroatoms. The summed E-state index contributed by atoms with van der Waals surface area (Å²) in [6.45, 7) is 2.01. The molecule has 118 valence electrons. The van der Waals surface area contributed by atoms with E-state index in [9.17, 15) is 18.0 Å². The standard InChI is InChI=1S/C13H22N3O4S/c1-9-6-4-5-7-10(9)14-21(19,20)11-8-15(2)13(18)16(3)12(11)17/h8-11,14H,4-7H2,1-3H3/q+1. The molecule has 1 aliphatic carbocycles. The van der Waals surface area contributed by atoms with Crippen molar-refractivity contribution in [2.45, 2.75) is 43.9 Å². The molecule has 1 N–H and O–H groups in total. The van der Waals surface area contributed by atoms with E-state index in [-0.39, 0.29) is 12.0 Å². The maximum Gasteiger partial charge on any atom is 0.500 e. The van der Waals surface area contributed by atoms with Gasteiger partial charge in [0.05, 0.1) is 14.1 Å². The Morgan fingerprint density at radius 1 is 1.29 bits per heavy atom. The van der Waals surface area contributed by atoms with Crippen molar-refractivity contribution in [1.29, 1.82) is 0 Å². The van der Waals surface area contributed by atoms with Crippen LogP contribution in [0.5, 0.6) is 0 Å². The second-order valence-corrected chi connectivity index (χ2v) is 7.73. The molecule has 0 aromatic heterocycles. The van der Waals surface area contributed by atoms with Gasteiger partial charge in [-0.2, -0.15) is 9.69 Å². The molecule has 21 heavy (non-hydrogen) atoms. The normalized spacial score (nSPS) is 31.3. The predicted molar refractivity (Wildman–Crippen MR) is 77.7 cm³/mol. The van der Waals surface area contributed by atoms with E-state index in [0.717, 1.165) is 35.2 Å². The molecule has 0 saturated heterocycles. The van der Waals surface area contributed by atoms with Crippen LogP contribution >= 0.6 is 0 Å². The average Bonchev–Trinajstić information content (AvgIpc) is 2.42. The first-order chi connectivity index (χ1) is 9.74. The number of nitrogens with zero attached hydrogens (tertiary/aromatic N) is 2. The van der Waals surface area contributed by atoms with Gasteiger partial charge in [0.2, 0.25) is 15.3 Å². The SMILES string of the molecule is CC1CCCCC1NS(=O)(=O)C1C=[N+](C)C(=O)N(C)C1=O. The van der Waals surface area contributed by atoms with Crippen LogP contribution in [0.25, 0.3) is 0 Å². The van der Waals surface area contributed by atoms with E-state index < -0.39 is 27.2 Å². The first kappa shape index (κ1) is 16.1. The molecule has 3 unspecified atom stereocenters. The van der Waals surface area contributed by atoms with Crippen LogP contribution in [0.1, 0.15) is 32.6 Å². The quantitative estimate of drug-likeness (QED) is 0.751. The molecular weight excluding hydrogens is 294 g/mol. The molecule has 0 radical (unpaired) electrons. The highest BCUT2D eigenvalue weighted by Crippen LogP contribution is 2.25. The minimum atomic E-state index is -3.84. The lowest BCUT2D eigenvalue weighted by molar-refractivity contribution is -0.399. The molecule has 3 amide bonds. The number of hydrogen-bond donors (Lipinski definition) is 1. The summed E-state index contributed by atoms with van der Waals surface area (Å²) in [7, 11) is -1.11. The van der Waals surface area contributed by atoms with Gasteiger partial charge in [-0.3, -0.25) is 0 Å². The molecule has 1 saturated carbocycles. The Balaban J connectivity index is 2.23. The summed E-state index contributed by atoms with van der Waals surface area (Å²) in [5.74, 6) is -0.460. The minimum Gasteiger partial charge on any atom is -0.245 e. The number of urea groups is 1. The van der Waals surface area contributed by atoms with Crippen molar-refractivity contribution in [2.75, 3.05) is 14.1 Å². The highest BCUT2D eigenvalue weighted by Gasteiger charge is 2.46. The van der Waals surface area contributed by atoms with Gasteiger partial charge in [-0.15, -0.1) is 0 Å². The summed E-state index contributed by atoms with van der Waals surface area (Å²) in [5, 5.41) is -1.35. The van der Waals surface area contributed by atoms with E-state index in [1.54, 1.807) is 0 Å². The summed E-state index contributed by atoms with van der Waals surface area (Å²) in [4.78, 5) is 24.6. The Labute approximate surface area is 125 Å². The van der Waals surface area contributed by atoms with Crippen LogP contribution in [0.2, 0.25) is 0 Å². The zero-order valence-corrected chi connectivity index (χ0v) is 13.4. The summed E-state index contributed by atoms with van der Waals surface area (Å²) in [5.41, 5.74) is 0. The molecule has 2 rings (SSSR count). The van der Waals surface area contributed by atoms with Crippen LogP contribution in [0.15, 0.2) is 0 Å². The number of nitrogens with one attached hydrogen (secondary N) is 1. The fourth-order valence-electron chi connectivity index (χ4n) is 2.84. The third-order valence-corrected chi connectivity index (χ3v) is 5.91. The number of carbonyl (C=O) groups excluding carboxylic acids is 2. The largest absolute Gasteiger partial charge is 0.500 e. The summed E-state index contributed by atoms with van der Waals surface area (Å²) in [6, 6.07) is -0.671. The average molecular weight is 316 g/mol. The number of hydrogen-bond acceptors (Lipinski definition) is 4. The summed E-state index contributed by atoms with van der Waals surface area (Å²) < 4.78 is 28.8. The topological polar surface area (TPSA) is 86.6 Å². The van der Waals surface area contributed by atoms with E-state index in [2.05, 4.69) is 4.72 Å². The van der Waals surface area contributed by atoms with E-state index in [0.29, 0.717) is 0 Å². The van der Waals surface area contributed by atoms with Crippen molar-refractivity contribution in [2.24, 2.45) is 5.92 Å². The zero-order valence-electron chi connectivity index (χ0n) is 12.6. The Morgan fingerprint density at radius 2 is 1.90 bits per heavy atom. The van der Waals surface area contributed by atoms with Crippen molar-refractivity contribution in [3.63, 3.8) is 0 Å². The molecule has 1 aliphatic heterocycles. The highest BCUT2D eigenvalue weighted by molar-refractivity contribution is 7.91. The van der Waals surface area contributed by atoms with E-state index in [1.807, 2.05) is 6.92 Å². The van der Waals surface area contributed by atoms with Gasteiger partial charge in [0, 0.05) is 6.04 Å². The molecule has 2 aliphatic rings. The number of rotatable bonds is 3. The second kappa shape index (κ2) is 5.84. The number of imide groups is 1. The number of carbonyl (C=O) groups is 2. The van der Waals surface area contributed by atoms with Crippen LogP contribution < -0.4 is 4.72 Å². The maximum absolute atomic E-state index is 12.5. The second-order valence-electron chi connectivity index (χ2n) is 5.89. The van der Waals surface area contributed by atoms with Gasteiger partial charge in [-0.25, -0.2) is 22.5 Å². The minimum absolute atomic E-state index is 0.141. The number of amides is 3. The van der Waals surface area contributed by atoms with Gasteiger partial charge < -0.3 is 0 Å². The fourth-order valence-corrected chi connectivity index (χ4v) is 4.53. The van der Waals surface area contributed by atoms with Gasteiger partial charge >= 0.3 is 11.9 Å². The Bertz CT molecular complexity index is 584. The lowest BCUT2D eigenvalue weighted by Gasteiger charge is -2.30. The van der Waals surface area contributed by atoms with Crippen molar-refractivity contribution in [3.8, 4) is 0 Å². The molecule has 7 nitrogen and oxygen atoms in total. The predicted octanol–water partition coefficient (Wildman–Crippen LogP) is 0.158. The monoisotopic (exact) mass is 316 g/mol. The Kier molecular flexibility index (Phi) is 4.48. The molecule has 0 spiro atoms. The van der Waals surface area contributed by atoms with Crippen LogP contribution in [0.3, 0.4) is 0 Å². The van der Waals surface area contributed by atoms with Crippen molar-refractivity contribution in [1.82, 2.24) is 9.62 Å². The smallest absolute Gasteiger partial charge is 0.245 e. The molecule has 0 bridgehead atoms. The van der Waals surface area contributed by atoms with Crippen LogP contribution in [0, 0.1) is 5.92 Å². The molecule has 1 heterocycles. The molecule has 0 aromatic carbocycles. The zero-order chi connectivity index (χ0) is 15.8. The first-order valence-electron chi connectivity index (χ1n) is 7.14. The third-order valence-electron chi connectivity index (χ3n) is 4.28. The van der Waals surface area contributed by atoms with Crippen molar-refractivity contribution < 1.29 is 22.6 Å². The third kappa shape index (κ3) is 3.16. The van der Waals surface area contributed by atoms with E-state index in [1.165, 1.54) is 20.3 Å². The number of sulfonamides is 1. The van der Waals surface area contributed by atoms with Gasteiger partial charge in [0.15, 0.2) is 0 Å². The van der Waals surface area contributed by atoms with Gasteiger partial charge in [0.1, 0.15) is 6.21 Å². The Hall–Kier alpha value is -1.28. The van der Waals surface area contributed by atoms with Crippen molar-refractivity contribution in [3.05, 3.63) is 0 Å². The molecule has 1 fully saturated rings. The van der Waals surface area contributed by atoms with Crippen LogP contribution in [-0.2, 0) is 14.8 Å². The molecule has 0 aromatic rings. The van der Waals surface area contributed by atoms with E-state index >= 15 is 0 Å². The summed E-state index contributed by atoms with van der Waals surface area (Å²) in [6.07, 6.45) is 5.02. The highest BCUT2D eigenvalue weighted by atomic mass is 32.2. The lowest BCUT2D eigenvalue weighted by Crippen LogP contribution is -2.57. The van der Waals surface area contributed by atoms with Crippen LogP contribution in [0.4, 0.5) is 4.79 Å². The summed E-state index contributed by atoms with van der Waals surface area (Å²) >= 11 is 0. The van der Waals surface area contributed by atoms with Gasteiger partial charge in [-0.1, -0.05) is 19.8 Å². The van der Waals surface area contributed by atoms with Gasteiger partial charge in [0.25, 0.3) is 0 Å². The molecule has 3 atom stereocenters. The first-order valence-corrected chi connectivity index (χ1v) is 8.69. The Morgan fingerprint density at radius 3 is 2.52 bits per heavy atom. The fraction of sp³-hybridized carbons (Fsp3) is 0.769. The van der Waals surface area contributed by atoms with Gasteiger partial charge in [-0.05, 0) is 18.8 Å². The maximum atomic E-state index is 12.5. The molecular formula is C13H22N3O4S+. The van der Waals surface area contributed by atoms with Crippen molar-refractivity contribution >= 4 is 28.2 Å². The van der Waals surface area contributed by atoms with E-state index in [4.69, 9.17) is 0 Å². The lowest BCUT2D eigenvalue weighted by atomic mass is 9.87. The van der Waals surface area contributed by atoms with Crippen LogP contribution in [-0.4, -0.2) is 61.4 Å².